The van der Waals surface area contributed by atoms with Gasteiger partial charge in [-0.2, -0.15) is 0 Å². The third-order valence-electron chi connectivity index (χ3n) is 2.57. The van der Waals surface area contributed by atoms with E-state index in [9.17, 15) is 8.42 Å². The van der Waals surface area contributed by atoms with Gasteiger partial charge in [-0.15, -0.1) is 0 Å². The molecule has 0 aromatic carbocycles. The summed E-state index contributed by atoms with van der Waals surface area (Å²) in [6.45, 7) is 2.38. The fraction of sp³-hybridized carbons (Fsp3) is 1.00. The monoisotopic (exact) mass is 261 g/mol. The van der Waals surface area contributed by atoms with Crippen molar-refractivity contribution in [3.05, 3.63) is 0 Å². The predicted octanol–water partition coefficient (Wildman–Crippen LogP) is 0.192. The Bertz CT molecular complexity index is 221. The molecule has 1 saturated carbocycles. The third kappa shape index (κ3) is 8.26. The van der Waals surface area contributed by atoms with Gasteiger partial charge >= 0.3 is 51.4 Å². The van der Waals surface area contributed by atoms with Gasteiger partial charge in [0.2, 0.25) is 0 Å². The van der Waals surface area contributed by atoms with Gasteiger partial charge in [-0.3, -0.25) is 4.18 Å². The van der Waals surface area contributed by atoms with Gasteiger partial charge in [0, 0.05) is 12.6 Å². The molecule has 4 nitrogen and oxygen atoms in total. The van der Waals surface area contributed by atoms with E-state index in [4.69, 9.17) is 0 Å². The van der Waals surface area contributed by atoms with Crippen molar-refractivity contribution in [1.29, 1.82) is 0 Å². The van der Waals surface area contributed by atoms with E-state index < -0.39 is 11.0 Å². The topological polar surface area (TPSA) is 55.4 Å². The van der Waals surface area contributed by atoms with Crippen LogP contribution in [0, 0.1) is 0 Å². The van der Waals surface area contributed by atoms with Crippen LogP contribution in [0.3, 0.4) is 0 Å². The second kappa shape index (κ2) is 9.53. The first-order chi connectivity index (χ1) is 6.68. The number of hydrogen-bond acceptors (Lipinski definition) is 4. The summed E-state index contributed by atoms with van der Waals surface area (Å²) in [6.07, 6.45) is 6.05. The number of hydrogen-bond donors (Lipinski definition) is 2. The van der Waals surface area contributed by atoms with Crippen LogP contribution >= 0.6 is 0 Å². The van der Waals surface area contributed by atoms with E-state index in [1.165, 1.54) is 32.1 Å². The molecule has 6 heteroatoms. The van der Waals surface area contributed by atoms with Gasteiger partial charge in [0.05, 0.1) is 6.10 Å². The molecule has 0 amide bonds. The van der Waals surface area contributed by atoms with Crippen LogP contribution in [0.25, 0.3) is 0 Å². The zero-order chi connectivity index (χ0) is 10.4. The molecule has 0 spiro atoms. The van der Waals surface area contributed by atoms with Gasteiger partial charge in [-0.05, 0) is 19.8 Å². The Morgan fingerprint density at radius 3 is 2.47 bits per heavy atom. The van der Waals surface area contributed by atoms with Crippen LogP contribution in [0.5, 0.6) is 0 Å². The molecule has 0 aromatic rings. The van der Waals surface area contributed by atoms with Gasteiger partial charge in [-0.25, -0.2) is 8.42 Å². The maximum atomic E-state index is 10.2. The Morgan fingerprint density at radius 1 is 1.33 bits per heavy atom. The Kier molecular flexibility index (Phi) is 10.5. The molecule has 1 N–H and O–H groups in total. The molecule has 1 rings (SSSR count). The first-order valence-corrected chi connectivity index (χ1v) is 6.32. The average molecular weight is 261 g/mol. The molecule has 1 atom stereocenters. The SMILES string of the molecule is CC(CNC1CCCCC1)O[SH](=O)=O.[KH]. The summed E-state index contributed by atoms with van der Waals surface area (Å²) >= 11 is 0. The van der Waals surface area contributed by atoms with Crippen molar-refractivity contribution in [2.45, 2.75) is 51.2 Å². The summed E-state index contributed by atoms with van der Waals surface area (Å²) in [4.78, 5) is 0. The molecule has 0 saturated heterocycles. The van der Waals surface area contributed by atoms with Crippen molar-refractivity contribution in [3.63, 3.8) is 0 Å². The second-order valence-corrected chi connectivity index (χ2v) is 4.54. The molecule has 86 valence electrons. The van der Waals surface area contributed by atoms with Gasteiger partial charge in [0.1, 0.15) is 0 Å². The molecule has 1 unspecified atom stereocenters. The summed E-state index contributed by atoms with van der Waals surface area (Å²) < 4.78 is 25.1. The first-order valence-electron chi connectivity index (χ1n) is 5.23. The summed E-state index contributed by atoms with van der Waals surface area (Å²) in [5.74, 6) is 0. The van der Waals surface area contributed by atoms with Crippen LogP contribution in [-0.4, -0.2) is 78.5 Å². The van der Waals surface area contributed by atoms with E-state index in [2.05, 4.69) is 9.50 Å². The molecule has 0 aromatic heterocycles. The molecule has 0 aliphatic heterocycles. The normalized spacial score (nSPS) is 19.9. The Balaban J connectivity index is 0.00000196. The summed E-state index contributed by atoms with van der Waals surface area (Å²) in [5.41, 5.74) is 0. The van der Waals surface area contributed by atoms with Crippen LogP contribution < -0.4 is 5.32 Å². The summed E-state index contributed by atoms with van der Waals surface area (Å²) in [6, 6.07) is 0.555. The maximum absolute atomic E-state index is 10.2. The Hall–Kier alpha value is 1.51. The Labute approximate surface area is 136 Å². The van der Waals surface area contributed by atoms with Gasteiger partial charge in [0.15, 0.2) is 0 Å². The van der Waals surface area contributed by atoms with Crippen molar-refractivity contribution in [2.75, 3.05) is 6.54 Å². The minimum absolute atomic E-state index is 0. The Morgan fingerprint density at radius 2 is 1.93 bits per heavy atom. The fourth-order valence-electron chi connectivity index (χ4n) is 1.82. The number of thiol groups is 1. The molecule has 0 heterocycles. The molecule has 15 heavy (non-hydrogen) atoms. The predicted molar refractivity (Wildman–Crippen MR) is 62.9 cm³/mol. The van der Waals surface area contributed by atoms with E-state index in [1.807, 2.05) is 0 Å². The number of rotatable bonds is 5. The van der Waals surface area contributed by atoms with Crippen molar-refractivity contribution < 1.29 is 12.6 Å². The van der Waals surface area contributed by atoms with E-state index in [-0.39, 0.29) is 57.5 Å². The molecule has 1 aliphatic rings. The first kappa shape index (κ1) is 16.5. The molecule has 0 radical (unpaired) electrons. The standard InChI is InChI=1S/C9H19NO3S.K.H/c1-8(13-14(11)12)7-10-9-5-3-2-4-6-9;;/h8-10,14H,2-7H2,1H3;;. The summed E-state index contributed by atoms with van der Waals surface area (Å²) in [5, 5.41) is 3.33. The average Bonchev–Trinajstić information content (AvgIpc) is 2.15. The van der Waals surface area contributed by atoms with E-state index in [1.54, 1.807) is 6.92 Å². The minimum atomic E-state index is -2.71. The molecule has 1 aliphatic carbocycles. The zero-order valence-corrected chi connectivity index (χ0v) is 9.46. The van der Waals surface area contributed by atoms with Crippen LogP contribution in [0.2, 0.25) is 0 Å². The van der Waals surface area contributed by atoms with Crippen molar-refractivity contribution in [3.8, 4) is 0 Å². The van der Waals surface area contributed by atoms with Crippen LogP contribution in [0.1, 0.15) is 39.0 Å². The third-order valence-corrected chi connectivity index (χ3v) is 3.10. The molecular weight excluding hydrogens is 241 g/mol. The van der Waals surface area contributed by atoms with Crippen molar-refractivity contribution >= 4 is 62.4 Å². The number of nitrogens with one attached hydrogen (secondary N) is 1. The van der Waals surface area contributed by atoms with Gasteiger partial charge in [0.25, 0.3) is 11.0 Å². The van der Waals surface area contributed by atoms with Crippen LogP contribution in [-0.2, 0) is 15.2 Å². The summed E-state index contributed by atoms with van der Waals surface area (Å²) in [7, 11) is -2.71. The van der Waals surface area contributed by atoms with Crippen molar-refractivity contribution in [2.24, 2.45) is 0 Å². The quantitative estimate of drug-likeness (QED) is 0.548. The van der Waals surface area contributed by atoms with E-state index >= 15 is 0 Å². The van der Waals surface area contributed by atoms with Gasteiger partial charge in [-0.1, -0.05) is 19.3 Å². The van der Waals surface area contributed by atoms with Gasteiger partial charge < -0.3 is 5.32 Å². The van der Waals surface area contributed by atoms with E-state index in [0.29, 0.717) is 12.6 Å². The fourth-order valence-corrected chi connectivity index (χ4v) is 2.19. The second-order valence-electron chi connectivity index (χ2n) is 3.88. The van der Waals surface area contributed by atoms with Crippen molar-refractivity contribution in [1.82, 2.24) is 5.32 Å². The zero-order valence-electron chi connectivity index (χ0n) is 8.57. The molecule has 0 bridgehead atoms. The molecule has 1 fully saturated rings. The van der Waals surface area contributed by atoms with Crippen LogP contribution in [0.4, 0.5) is 0 Å². The van der Waals surface area contributed by atoms with E-state index in [0.717, 1.165) is 0 Å². The van der Waals surface area contributed by atoms with Crippen LogP contribution in [0.15, 0.2) is 0 Å². The molecular formula is C9H20KNO3S.